The summed E-state index contributed by atoms with van der Waals surface area (Å²) in [4.78, 5) is 8.21. The van der Waals surface area contributed by atoms with Crippen LogP contribution in [0.1, 0.15) is 13.3 Å². The molecule has 84 valence electrons. The van der Waals surface area contributed by atoms with E-state index in [1.54, 1.807) is 19.4 Å². The van der Waals surface area contributed by atoms with Crippen LogP contribution in [0.2, 0.25) is 0 Å². The molecule has 0 aliphatic rings. The molecular formula is C10H18N4O. The van der Waals surface area contributed by atoms with E-state index in [0.29, 0.717) is 11.8 Å². The highest BCUT2D eigenvalue weighted by Gasteiger charge is 1.96. The minimum absolute atomic E-state index is 0.578. The second-order valence-electron chi connectivity index (χ2n) is 3.10. The van der Waals surface area contributed by atoms with E-state index >= 15 is 0 Å². The van der Waals surface area contributed by atoms with Gasteiger partial charge in [-0.2, -0.15) is 4.98 Å². The fraction of sp³-hybridized carbons (Fsp3) is 0.600. The van der Waals surface area contributed by atoms with Crippen molar-refractivity contribution in [1.29, 1.82) is 0 Å². The van der Waals surface area contributed by atoms with Gasteiger partial charge >= 0.3 is 0 Å². The van der Waals surface area contributed by atoms with Gasteiger partial charge in [0.25, 0.3) is 0 Å². The first-order valence-corrected chi connectivity index (χ1v) is 5.18. The molecule has 0 aromatic carbocycles. The molecule has 0 amide bonds. The van der Waals surface area contributed by atoms with Gasteiger partial charge in [-0.3, -0.25) is 0 Å². The Hall–Kier alpha value is -1.36. The van der Waals surface area contributed by atoms with Crippen LogP contribution >= 0.6 is 0 Å². The van der Waals surface area contributed by atoms with Gasteiger partial charge in [0.2, 0.25) is 11.8 Å². The van der Waals surface area contributed by atoms with Gasteiger partial charge in [-0.15, -0.1) is 0 Å². The molecule has 1 rings (SSSR count). The van der Waals surface area contributed by atoms with Crippen molar-refractivity contribution in [3.63, 3.8) is 0 Å². The van der Waals surface area contributed by atoms with Gasteiger partial charge < -0.3 is 15.4 Å². The first kappa shape index (κ1) is 11.7. The number of hydrogen-bond acceptors (Lipinski definition) is 5. The molecular weight excluding hydrogens is 192 g/mol. The lowest BCUT2D eigenvalue weighted by Crippen LogP contribution is -2.23. The summed E-state index contributed by atoms with van der Waals surface area (Å²) in [6.07, 6.45) is 2.82. The van der Waals surface area contributed by atoms with Crippen molar-refractivity contribution in [2.24, 2.45) is 0 Å². The van der Waals surface area contributed by atoms with E-state index in [9.17, 15) is 0 Å². The second kappa shape index (κ2) is 7.00. The van der Waals surface area contributed by atoms with Crippen molar-refractivity contribution in [3.05, 3.63) is 12.3 Å². The largest absolute Gasteiger partial charge is 0.481 e. The van der Waals surface area contributed by atoms with Crippen molar-refractivity contribution in [1.82, 2.24) is 15.3 Å². The molecule has 0 bridgehead atoms. The molecule has 1 heterocycles. The topological polar surface area (TPSA) is 59.1 Å². The number of aromatic nitrogens is 2. The standard InChI is InChI=1S/C10H18N4O/c1-3-5-11-7-8-13-10-12-6-4-9(14-10)15-2/h4,6,11H,3,5,7-8H2,1-2H3,(H,12,13,14). The van der Waals surface area contributed by atoms with Gasteiger partial charge in [-0.25, -0.2) is 4.98 Å². The minimum atomic E-state index is 0.578. The van der Waals surface area contributed by atoms with Crippen LogP contribution in [-0.2, 0) is 0 Å². The van der Waals surface area contributed by atoms with Crippen LogP contribution in [0.4, 0.5) is 5.95 Å². The molecule has 0 fully saturated rings. The fourth-order valence-corrected chi connectivity index (χ4v) is 1.11. The summed E-state index contributed by atoms with van der Waals surface area (Å²) in [6.45, 7) is 4.91. The summed E-state index contributed by atoms with van der Waals surface area (Å²) < 4.78 is 4.99. The predicted molar refractivity (Wildman–Crippen MR) is 60.2 cm³/mol. The van der Waals surface area contributed by atoms with Crippen molar-refractivity contribution in [2.45, 2.75) is 13.3 Å². The normalized spacial score (nSPS) is 10.0. The van der Waals surface area contributed by atoms with Crippen molar-refractivity contribution >= 4 is 5.95 Å². The van der Waals surface area contributed by atoms with E-state index in [0.717, 1.165) is 26.1 Å². The Balaban J connectivity index is 2.24. The van der Waals surface area contributed by atoms with E-state index in [1.165, 1.54) is 0 Å². The van der Waals surface area contributed by atoms with Crippen LogP contribution in [0.3, 0.4) is 0 Å². The molecule has 5 nitrogen and oxygen atoms in total. The lowest BCUT2D eigenvalue weighted by atomic mass is 10.5. The van der Waals surface area contributed by atoms with Crippen LogP contribution < -0.4 is 15.4 Å². The molecule has 1 aromatic rings. The monoisotopic (exact) mass is 210 g/mol. The van der Waals surface area contributed by atoms with Crippen LogP contribution in [0.25, 0.3) is 0 Å². The molecule has 0 spiro atoms. The quantitative estimate of drug-likeness (QED) is 0.655. The predicted octanol–water partition coefficient (Wildman–Crippen LogP) is 0.897. The third-order valence-electron chi connectivity index (χ3n) is 1.85. The van der Waals surface area contributed by atoms with Gasteiger partial charge in [0.05, 0.1) is 7.11 Å². The van der Waals surface area contributed by atoms with Gasteiger partial charge in [0.1, 0.15) is 0 Å². The average molecular weight is 210 g/mol. The fourth-order valence-electron chi connectivity index (χ4n) is 1.11. The van der Waals surface area contributed by atoms with Crippen molar-refractivity contribution in [2.75, 3.05) is 32.1 Å². The van der Waals surface area contributed by atoms with Crippen LogP contribution in [-0.4, -0.2) is 36.7 Å². The molecule has 0 saturated carbocycles. The summed E-state index contributed by atoms with van der Waals surface area (Å²) in [5, 5.41) is 6.40. The summed E-state index contributed by atoms with van der Waals surface area (Å²) in [5.41, 5.74) is 0. The Bertz CT molecular complexity index is 280. The maximum atomic E-state index is 4.99. The molecule has 2 N–H and O–H groups in total. The smallest absolute Gasteiger partial charge is 0.225 e. The molecule has 0 aliphatic heterocycles. The molecule has 0 atom stereocenters. The highest BCUT2D eigenvalue weighted by molar-refractivity contribution is 5.27. The Kier molecular flexibility index (Phi) is 5.47. The number of nitrogens with zero attached hydrogens (tertiary/aromatic N) is 2. The number of hydrogen-bond donors (Lipinski definition) is 2. The number of ether oxygens (including phenoxy) is 1. The molecule has 0 unspecified atom stereocenters. The number of anilines is 1. The zero-order chi connectivity index (χ0) is 10.9. The van der Waals surface area contributed by atoms with Gasteiger partial charge in [0, 0.05) is 25.4 Å². The van der Waals surface area contributed by atoms with Crippen molar-refractivity contribution in [3.8, 4) is 5.88 Å². The van der Waals surface area contributed by atoms with Crippen LogP contribution in [0.15, 0.2) is 12.3 Å². The lowest BCUT2D eigenvalue weighted by molar-refractivity contribution is 0.397. The highest BCUT2D eigenvalue weighted by atomic mass is 16.5. The maximum Gasteiger partial charge on any atom is 0.225 e. The Labute approximate surface area is 90.3 Å². The third-order valence-corrected chi connectivity index (χ3v) is 1.85. The van der Waals surface area contributed by atoms with E-state index < -0.39 is 0 Å². The molecule has 0 saturated heterocycles. The first-order valence-electron chi connectivity index (χ1n) is 5.18. The molecule has 1 aromatic heterocycles. The van der Waals surface area contributed by atoms with Gasteiger partial charge in [-0.1, -0.05) is 6.92 Å². The van der Waals surface area contributed by atoms with Gasteiger partial charge in [-0.05, 0) is 13.0 Å². The van der Waals surface area contributed by atoms with Gasteiger partial charge in [0.15, 0.2) is 0 Å². The van der Waals surface area contributed by atoms with E-state index in [4.69, 9.17) is 4.74 Å². The Morgan fingerprint density at radius 2 is 2.20 bits per heavy atom. The van der Waals surface area contributed by atoms with Crippen LogP contribution in [0.5, 0.6) is 5.88 Å². The molecule has 5 heteroatoms. The van der Waals surface area contributed by atoms with Crippen LogP contribution in [0, 0.1) is 0 Å². The van der Waals surface area contributed by atoms with Crippen molar-refractivity contribution < 1.29 is 4.74 Å². The first-order chi connectivity index (χ1) is 7.36. The number of methoxy groups -OCH3 is 1. The Morgan fingerprint density at radius 3 is 2.93 bits per heavy atom. The summed E-state index contributed by atoms with van der Waals surface area (Å²) in [7, 11) is 1.59. The minimum Gasteiger partial charge on any atom is -0.481 e. The third kappa shape index (κ3) is 4.60. The van der Waals surface area contributed by atoms with E-state index in [2.05, 4.69) is 27.5 Å². The zero-order valence-corrected chi connectivity index (χ0v) is 9.29. The molecule has 0 radical (unpaired) electrons. The second-order valence-corrected chi connectivity index (χ2v) is 3.10. The van der Waals surface area contributed by atoms with E-state index in [-0.39, 0.29) is 0 Å². The molecule has 0 aliphatic carbocycles. The summed E-state index contributed by atoms with van der Waals surface area (Å²) >= 11 is 0. The highest BCUT2D eigenvalue weighted by Crippen LogP contribution is 2.06. The number of rotatable bonds is 7. The number of nitrogens with one attached hydrogen (secondary N) is 2. The van der Waals surface area contributed by atoms with E-state index in [1.807, 2.05) is 0 Å². The molecule has 15 heavy (non-hydrogen) atoms. The average Bonchev–Trinajstić information content (AvgIpc) is 2.29. The zero-order valence-electron chi connectivity index (χ0n) is 9.29. The maximum absolute atomic E-state index is 4.99. The SMILES string of the molecule is CCCNCCNc1nccc(OC)n1. The lowest BCUT2D eigenvalue weighted by Gasteiger charge is -2.06. The Morgan fingerprint density at radius 1 is 1.33 bits per heavy atom. The summed E-state index contributed by atoms with van der Waals surface area (Å²) in [6, 6.07) is 1.72. The summed E-state index contributed by atoms with van der Waals surface area (Å²) in [5.74, 6) is 1.18.